The van der Waals surface area contributed by atoms with Gasteiger partial charge in [-0.3, -0.25) is 0 Å². The van der Waals surface area contributed by atoms with Crippen LogP contribution < -0.4 is 14.8 Å². The Balaban J connectivity index is 1.75. The topological polar surface area (TPSA) is 46.3 Å². The van der Waals surface area contributed by atoms with Gasteiger partial charge in [-0.1, -0.05) is 0 Å². The minimum atomic E-state index is 0.314. The number of hydrogen-bond acceptors (Lipinski definition) is 3. The van der Waals surface area contributed by atoms with E-state index in [4.69, 9.17) is 9.47 Å². The van der Waals surface area contributed by atoms with Crippen molar-refractivity contribution < 1.29 is 9.47 Å². The molecule has 4 nitrogen and oxygen atoms in total. The molecule has 0 saturated heterocycles. The first kappa shape index (κ1) is 13.1. The van der Waals surface area contributed by atoms with Gasteiger partial charge in [-0.2, -0.15) is 0 Å². The second-order valence-electron chi connectivity index (χ2n) is 4.92. The molecule has 2 heterocycles. The predicted molar refractivity (Wildman–Crippen MR) is 78.1 cm³/mol. The third-order valence-corrected chi connectivity index (χ3v) is 3.55. The summed E-state index contributed by atoms with van der Waals surface area (Å²) in [7, 11) is 0. The molecular weight excluding hydrogens is 252 g/mol. The number of aromatic nitrogens is 1. The van der Waals surface area contributed by atoms with E-state index in [9.17, 15) is 0 Å². The fraction of sp³-hybridized carbons (Fsp3) is 0.375. The molecule has 0 radical (unpaired) electrons. The monoisotopic (exact) mass is 272 g/mol. The first-order chi connectivity index (χ1) is 9.86. The Morgan fingerprint density at radius 2 is 2.35 bits per heavy atom. The van der Waals surface area contributed by atoms with Crippen LogP contribution in [0.15, 0.2) is 36.7 Å². The van der Waals surface area contributed by atoms with Crippen molar-refractivity contribution in [2.45, 2.75) is 25.9 Å². The molecule has 0 fully saturated rings. The summed E-state index contributed by atoms with van der Waals surface area (Å²) in [5.74, 6) is 1.87. The molecule has 1 aliphatic rings. The predicted octanol–water partition coefficient (Wildman–Crippen LogP) is 3.03. The minimum absolute atomic E-state index is 0.314. The molecule has 20 heavy (non-hydrogen) atoms. The van der Waals surface area contributed by atoms with Gasteiger partial charge in [0, 0.05) is 37.0 Å². The number of aromatic amines is 1. The molecule has 1 unspecified atom stereocenters. The van der Waals surface area contributed by atoms with E-state index in [0.717, 1.165) is 31.1 Å². The molecule has 0 saturated carbocycles. The van der Waals surface area contributed by atoms with Crippen molar-refractivity contribution in [1.82, 2.24) is 10.3 Å². The summed E-state index contributed by atoms with van der Waals surface area (Å²) >= 11 is 0. The van der Waals surface area contributed by atoms with Gasteiger partial charge in [0.15, 0.2) is 0 Å². The highest BCUT2D eigenvalue weighted by molar-refractivity contribution is 5.43. The lowest BCUT2D eigenvalue weighted by Crippen LogP contribution is -2.26. The van der Waals surface area contributed by atoms with Gasteiger partial charge in [-0.25, -0.2) is 0 Å². The molecule has 0 spiro atoms. The van der Waals surface area contributed by atoms with Crippen LogP contribution in [-0.2, 0) is 6.54 Å². The third-order valence-electron chi connectivity index (χ3n) is 3.55. The van der Waals surface area contributed by atoms with Gasteiger partial charge in [-0.15, -0.1) is 0 Å². The van der Waals surface area contributed by atoms with E-state index in [2.05, 4.69) is 22.4 Å². The number of nitrogens with one attached hydrogen (secondary N) is 2. The fourth-order valence-corrected chi connectivity index (χ4v) is 2.55. The smallest absolute Gasteiger partial charge is 0.124 e. The highest BCUT2D eigenvalue weighted by Crippen LogP contribution is 2.34. The zero-order chi connectivity index (χ0) is 13.8. The van der Waals surface area contributed by atoms with Gasteiger partial charge in [0.1, 0.15) is 11.5 Å². The number of rotatable bonds is 5. The lowest BCUT2D eigenvalue weighted by atomic mass is 10.00. The van der Waals surface area contributed by atoms with E-state index in [-0.39, 0.29) is 0 Å². The number of ether oxygens (including phenoxy) is 2. The lowest BCUT2D eigenvalue weighted by molar-refractivity contribution is 0.250. The maximum Gasteiger partial charge on any atom is 0.124 e. The highest BCUT2D eigenvalue weighted by Gasteiger charge is 2.21. The van der Waals surface area contributed by atoms with Crippen LogP contribution in [0, 0.1) is 0 Å². The maximum atomic E-state index is 5.72. The zero-order valence-corrected chi connectivity index (χ0v) is 11.7. The van der Waals surface area contributed by atoms with Crippen LogP contribution in [-0.4, -0.2) is 18.2 Å². The van der Waals surface area contributed by atoms with Crippen molar-refractivity contribution in [1.29, 1.82) is 0 Å². The van der Waals surface area contributed by atoms with Crippen molar-refractivity contribution in [2.75, 3.05) is 13.2 Å². The van der Waals surface area contributed by atoms with Gasteiger partial charge in [0.05, 0.1) is 13.2 Å². The van der Waals surface area contributed by atoms with Crippen LogP contribution in [0.4, 0.5) is 0 Å². The number of benzene rings is 1. The van der Waals surface area contributed by atoms with E-state index in [1.54, 1.807) is 0 Å². The van der Waals surface area contributed by atoms with Gasteiger partial charge < -0.3 is 19.8 Å². The maximum absolute atomic E-state index is 5.72. The summed E-state index contributed by atoms with van der Waals surface area (Å²) in [5.41, 5.74) is 2.46. The summed E-state index contributed by atoms with van der Waals surface area (Å²) < 4.78 is 11.3. The van der Waals surface area contributed by atoms with Crippen molar-refractivity contribution in [3.63, 3.8) is 0 Å². The SMILES string of the molecule is CCOc1ccc2c(c1)C(NCc1cc[nH]c1)CCO2. The Kier molecular flexibility index (Phi) is 3.92. The molecule has 4 heteroatoms. The third kappa shape index (κ3) is 2.80. The Morgan fingerprint density at radius 3 is 3.15 bits per heavy atom. The van der Waals surface area contributed by atoms with Crippen LogP contribution in [0.25, 0.3) is 0 Å². The average Bonchev–Trinajstić information content (AvgIpc) is 2.99. The van der Waals surface area contributed by atoms with E-state index >= 15 is 0 Å². The van der Waals surface area contributed by atoms with Gasteiger partial charge in [-0.05, 0) is 36.8 Å². The van der Waals surface area contributed by atoms with Crippen LogP contribution in [0.1, 0.15) is 30.5 Å². The standard InChI is InChI=1S/C16H20N2O2/c1-2-19-13-3-4-16-14(9-13)15(6-8-20-16)18-11-12-5-7-17-10-12/h3-5,7,9-10,15,17-18H,2,6,8,11H2,1H3. The molecule has 1 aliphatic heterocycles. The molecule has 1 aromatic carbocycles. The average molecular weight is 272 g/mol. The van der Waals surface area contributed by atoms with Crippen molar-refractivity contribution >= 4 is 0 Å². The van der Waals surface area contributed by atoms with Gasteiger partial charge >= 0.3 is 0 Å². The summed E-state index contributed by atoms with van der Waals surface area (Å²) in [6.07, 6.45) is 4.94. The van der Waals surface area contributed by atoms with E-state index in [1.807, 2.05) is 31.5 Å². The fourth-order valence-electron chi connectivity index (χ4n) is 2.55. The molecule has 0 amide bonds. The first-order valence-electron chi connectivity index (χ1n) is 7.11. The molecule has 3 rings (SSSR count). The second-order valence-corrected chi connectivity index (χ2v) is 4.92. The number of hydrogen-bond donors (Lipinski definition) is 2. The molecule has 2 aromatic rings. The first-order valence-corrected chi connectivity index (χ1v) is 7.11. The highest BCUT2D eigenvalue weighted by atomic mass is 16.5. The van der Waals surface area contributed by atoms with Gasteiger partial charge in [0.2, 0.25) is 0 Å². The van der Waals surface area contributed by atoms with E-state index < -0.39 is 0 Å². The summed E-state index contributed by atoms with van der Waals surface area (Å²) in [4.78, 5) is 3.08. The van der Waals surface area contributed by atoms with Crippen LogP contribution in [0.5, 0.6) is 11.5 Å². The van der Waals surface area contributed by atoms with Crippen LogP contribution in [0.3, 0.4) is 0 Å². The molecule has 0 bridgehead atoms. The lowest BCUT2D eigenvalue weighted by Gasteiger charge is -2.27. The van der Waals surface area contributed by atoms with Crippen molar-refractivity contribution in [3.05, 3.63) is 47.8 Å². The summed E-state index contributed by atoms with van der Waals surface area (Å²) in [6, 6.07) is 8.46. The minimum Gasteiger partial charge on any atom is -0.494 e. The van der Waals surface area contributed by atoms with Crippen LogP contribution in [0.2, 0.25) is 0 Å². The van der Waals surface area contributed by atoms with Crippen molar-refractivity contribution in [2.24, 2.45) is 0 Å². The molecule has 2 N–H and O–H groups in total. The van der Waals surface area contributed by atoms with Gasteiger partial charge in [0.25, 0.3) is 0 Å². The quantitative estimate of drug-likeness (QED) is 0.879. The summed E-state index contributed by atoms with van der Waals surface area (Å²) in [5, 5.41) is 3.59. The summed E-state index contributed by atoms with van der Waals surface area (Å²) in [6.45, 7) is 4.29. The Hall–Kier alpha value is -1.94. The molecule has 0 aliphatic carbocycles. The van der Waals surface area contributed by atoms with Crippen LogP contribution >= 0.6 is 0 Å². The van der Waals surface area contributed by atoms with Crippen molar-refractivity contribution in [3.8, 4) is 11.5 Å². The largest absolute Gasteiger partial charge is 0.494 e. The Labute approximate surface area is 119 Å². The Bertz CT molecular complexity index is 552. The normalized spacial score (nSPS) is 17.4. The number of H-pyrrole nitrogens is 1. The Morgan fingerprint density at radius 1 is 1.40 bits per heavy atom. The number of fused-ring (bicyclic) bond motifs is 1. The van der Waals surface area contributed by atoms with E-state index in [0.29, 0.717) is 12.6 Å². The second kappa shape index (κ2) is 6.01. The zero-order valence-electron chi connectivity index (χ0n) is 11.7. The van der Waals surface area contributed by atoms with E-state index in [1.165, 1.54) is 11.1 Å². The molecule has 1 atom stereocenters. The molecular formula is C16H20N2O2. The molecule has 106 valence electrons. The molecule has 1 aromatic heterocycles.